The molecule has 1 aliphatic carbocycles. The molecule has 1 aromatic carbocycles. The highest BCUT2D eigenvalue weighted by Crippen LogP contribution is 2.33. The molecule has 3 fully saturated rings. The Bertz CT molecular complexity index is 762. The topological polar surface area (TPSA) is 73.0 Å². The van der Waals surface area contributed by atoms with Crippen LogP contribution in [0.3, 0.4) is 0 Å². The van der Waals surface area contributed by atoms with Gasteiger partial charge < -0.3 is 10.2 Å². The van der Waals surface area contributed by atoms with E-state index in [0.717, 1.165) is 69.5 Å². The minimum Gasteiger partial charge on any atom is -0.369 e. The van der Waals surface area contributed by atoms with E-state index in [-0.39, 0.29) is 17.7 Å². The zero-order valence-electron chi connectivity index (χ0n) is 16.4. The number of urea groups is 1. The second-order valence-corrected chi connectivity index (χ2v) is 8.16. The number of Topliss-reactive ketones (excluding diaryl/α,β-unsaturated/α-hetero) is 1. The first-order valence-electron chi connectivity index (χ1n) is 10.2. The number of carbonyl (C=O) groups is 3. The van der Waals surface area contributed by atoms with Gasteiger partial charge in [0, 0.05) is 37.4 Å². The van der Waals surface area contributed by atoms with Gasteiger partial charge in [0.25, 0.3) is 5.91 Å². The number of anilines is 1. The molecule has 3 amide bonds. The maximum Gasteiger partial charge on any atom is 0.326 e. The Labute approximate surface area is 165 Å². The number of nitrogens with one attached hydrogen (secondary N) is 1. The second-order valence-electron chi connectivity index (χ2n) is 8.16. The van der Waals surface area contributed by atoms with Crippen molar-refractivity contribution in [2.45, 2.75) is 44.6 Å². The summed E-state index contributed by atoms with van der Waals surface area (Å²) < 4.78 is 0. The smallest absolute Gasteiger partial charge is 0.326 e. The van der Waals surface area contributed by atoms with Gasteiger partial charge in [-0.2, -0.15) is 0 Å². The molecule has 7 nitrogen and oxygen atoms in total. The van der Waals surface area contributed by atoms with Gasteiger partial charge in [0.15, 0.2) is 5.78 Å². The molecule has 0 aromatic heterocycles. The molecule has 150 valence electrons. The Morgan fingerprint density at radius 1 is 1.00 bits per heavy atom. The molecule has 3 aliphatic rings. The van der Waals surface area contributed by atoms with Crippen LogP contribution in [-0.2, 0) is 4.79 Å². The molecule has 4 rings (SSSR count). The van der Waals surface area contributed by atoms with Crippen molar-refractivity contribution in [3.05, 3.63) is 29.8 Å². The third-order valence-corrected chi connectivity index (χ3v) is 6.31. The second kappa shape index (κ2) is 7.54. The van der Waals surface area contributed by atoms with Gasteiger partial charge in [0.2, 0.25) is 0 Å². The fraction of sp³-hybridized carbons (Fsp3) is 0.571. The molecule has 2 aliphatic heterocycles. The number of benzene rings is 1. The number of carbonyl (C=O) groups excluding carboxylic acids is 3. The van der Waals surface area contributed by atoms with Crippen LogP contribution < -0.4 is 10.2 Å². The number of imide groups is 1. The first-order valence-corrected chi connectivity index (χ1v) is 10.2. The van der Waals surface area contributed by atoms with Gasteiger partial charge >= 0.3 is 6.03 Å². The van der Waals surface area contributed by atoms with Crippen LogP contribution in [-0.4, -0.2) is 65.9 Å². The fourth-order valence-corrected chi connectivity index (χ4v) is 4.55. The van der Waals surface area contributed by atoms with E-state index in [9.17, 15) is 14.4 Å². The predicted octanol–water partition coefficient (Wildman–Crippen LogP) is 2.22. The van der Waals surface area contributed by atoms with E-state index in [2.05, 4.69) is 15.1 Å². The Kier molecular flexibility index (Phi) is 5.10. The van der Waals surface area contributed by atoms with Gasteiger partial charge in [0.1, 0.15) is 5.54 Å². The maximum atomic E-state index is 12.9. The van der Waals surface area contributed by atoms with E-state index < -0.39 is 5.54 Å². The molecule has 2 heterocycles. The van der Waals surface area contributed by atoms with Crippen molar-refractivity contribution in [1.29, 1.82) is 0 Å². The van der Waals surface area contributed by atoms with Crippen molar-refractivity contribution in [3.8, 4) is 0 Å². The molecule has 1 saturated carbocycles. The normalized spacial score (nSPS) is 22.6. The first kappa shape index (κ1) is 18.9. The van der Waals surface area contributed by atoms with Crippen LogP contribution in [0.4, 0.5) is 10.5 Å². The summed E-state index contributed by atoms with van der Waals surface area (Å²) in [5, 5.41) is 2.98. The van der Waals surface area contributed by atoms with Gasteiger partial charge in [-0.15, -0.1) is 0 Å². The number of hydrogen-bond acceptors (Lipinski definition) is 5. The summed E-state index contributed by atoms with van der Waals surface area (Å²) >= 11 is 0. The average Bonchev–Trinajstić information content (AvgIpc) is 2.93. The Hall–Kier alpha value is -2.41. The van der Waals surface area contributed by atoms with Gasteiger partial charge in [0.05, 0.1) is 6.67 Å². The largest absolute Gasteiger partial charge is 0.369 e. The SMILES string of the molecule is CC(=O)c1ccc(N2CCN(CN3C(=O)NC4(CCCCC4)C3=O)CC2)cc1. The summed E-state index contributed by atoms with van der Waals surface area (Å²) in [6, 6.07) is 7.45. The van der Waals surface area contributed by atoms with E-state index in [4.69, 9.17) is 0 Å². The zero-order valence-corrected chi connectivity index (χ0v) is 16.4. The van der Waals surface area contributed by atoms with Crippen LogP contribution in [0.1, 0.15) is 49.4 Å². The number of rotatable bonds is 4. The zero-order chi connectivity index (χ0) is 19.7. The molecule has 0 bridgehead atoms. The molecule has 0 unspecified atom stereocenters. The lowest BCUT2D eigenvalue weighted by Crippen LogP contribution is -2.52. The molecule has 7 heteroatoms. The van der Waals surface area contributed by atoms with Gasteiger partial charge in [-0.3, -0.25) is 14.5 Å². The molecule has 28 heavy (non-hydrogen) atoms. The third-order valence-electron chi connectivity index (χ3n) is 6.31. The van der Waals surface area contributed by atoms with Gasteiger partial charge in [-0.25, -0.2) is 9.69 Å². The first-order chi connectivity index (χ1) is 13.5. The quantitative estimate of drug-likeness (QED) is 0.637. The summed E-state index contributed by atoms with van der Waals surface area (Å²) in [6.45, 7) is 5.17. The summed E-state index contributed by atoms with van der Waals surface area (Å²) in [4.78, 5) is 42.6. The lowest BCUT2D eigenvalue weighted by atomic mass is 9.82. The van der Waals surface area contributed by atoms with Crippen molar-refractivity contribution in [2.24, 2.45) is 0 Å². The molecule has 0 radical (unpaired) electrons. The van der Waals surface area contributed by atoms with E-state index >= 15 is 0 Å². The van der Waals surface area contributed by atoms with Gasteiger partial charge in [-0.1, -0.05) is 19.3 Å². The van der Waals surface area contributed by atoms with Crippen LogP contribution in [0, 0.1) is 0 Å². The van der Waals surface area contributed by atoms with Crippen molar-refractivity contribution in [3.63, 3.8) is 0 Å². The average molecular weight is 384 g/mol. The predicted molar refractivity (Wildman–Crippen MR) is 106 cm³/mol. The van der Waals surface area contributed by atoms with E-state index in [1.807, 2.05) is 24.3 Å². The van der Waals surface area contributed by atoms with Gasteiger partial charge in [-0.05, 0) is 44.0 Å². The molecule has 1 aromatic rings. The highest BCUT2D eigenvalue weighted by molar-refractivity contribution is 6.07. The maximum absolute atomic E-state index is 12.9. The molecular weight excluding hydrogens is 356 g/mol. The Balaban J connectivity index is 1.33. The lowest BCUT2D eigenvalue weighted by Gasteiger charge is -2.37. The number of hydrogen-bond donors (Lipinski definition) is 1. The van der Waals surface area contributed by atoms with Crippen molar-refractivity contribution in [1.82, 2.24) is 15.1 Å². The van der Waals surface area contributed by atoms with E-state index in [0.29, 0.717) is 6.67 Å². The number of ketones is 1. The van der Waals surface area contributed by atoms with E-state index in [1.165, 1.54) is 4.90 Å². The molecule has 1 spiro atoms. The number of nitrogens with zero attached hydrogens (tertiary/aromatic N) is 3. The molecular formula is C21H28N4O3. The van der Waals surface area contributed by atoms with Crippen LogP contribution in [0.5, 0.6) is 0 Å². The standard InChI is InChI=1S/C21H28N4O3/c1-16(26)17-5-7-18(8-6-17)24-13-11-23(12-14-24)15-25-19(27)21(22-20(25)28)9-3-2-4-10-21/h5-8H,2-4,9-15H2,1H3,(H,22,28). The van der Waals surface area contributed by atoms with Crippen molar-refractivity contribution < 1.29 is 14.4 Å². The minimum atomic E-state index is -0.643. The Morgan fingerprint density at radius 3 is 2.25 bits per heavy atom. The highest BCUT2D eigenvalue weighted by Gasteiger charge is 2.51. The summed E-state index contributed by atoms with van der Waals surface area (Å²) in [7, 11) is 0. The minimum absolute atomic E-state index is 0.0422. The lowest BCUT2D eigenvalue weighted by molar-refractivity contribution is -0.133. The van der Waals surface area contributed by atoms with Crippen molar-refractivity contribution >= 4 is 23.4 Å². The van der Waals surface area contributed by atoms with Crippen molar-refractivity contribution in [2.75, 3.05) is 37.7 Å². The summed E-state index contributed by atoms with van der Waals surface area (Å²) in [5.74, 6) is 0.0279. The van der Waals surface area contributed by atoms with Crippen LogP contribution in [0.15, 0.2) is 24.3 Å². The van der Waals surface area contributed by atoms with Crippen LogP contribution in [0.2, 0.25) is 0 Å². The highest BCUT2D eigenvalue weighted by atomic mass is 16.2. The fourth-order valence-electron chi connectivity index (χ4n) is 4.55. The number of piperazine rings is 1. The molecule has 1 N–H and O–H groups in total. The summed E-state index contributed by atoms with van der Waals surface area (Å²) in [6.07, 6.45) is 4.67. The monoisotopic (exact) mass is 384 g/mol. The molecule has 0 atom stereocenters. The van der Waals surface area contributed by atoms with E-state index in [1.54, 1.807) is 6.92 Å². The Morgan fingerprint density at radius 2 is 1.64 bits per heavy atom. The summed E-state index contributed by atoms with van der Waals surface area (Å²) in [5.41, 5.74) is 1.17. The molecule has 2 saturated heterocycles. The van der Waals surface area contributed by atoms with Crippen LogP contribution >= 0.6 is 0 Å². The van der Waals surface area contributed by atoms with Crippen LogP contribution in [0.25, 0.3) is 0 Å². The number of amides is 3. The third kappa shape index (κ3) is 3.51.